The van der Waals surface area contributed by atoms with Crippen LogP contribution in [-0.2, 0) is 5.54 Å². The molecule has 0 heterocycles. The van der Waals surface area contributed by atoms with Gasteiger partial charge in [-0.3, -0.25) is 0 Å². The standard InChI is InChI=1S/C12H18FN/c1-4-12(14,5-2)10-6-7-11(13)9(3)8-10/h6-8H,4-5,14H2,1-3H3. The highest BCUT2D eigenvalue weighted by Gasteiger charge is 2.22. The van der Waals surface area contributed by atoms with Gasteiger partial charge in [-0.2, -0.15) is 0 Å². The minimum absolute atomic E-state index is 0.164. The SMILES string of the molecule is CCC(N)(CC)c1ccc(F)c(C)c1. The van der Waals surface area contributed by atoms with Crippen LogP contribution in [0, 0.1) is 12.7 Å². The van der Waals surface area contributed by atoms with Crippen LogP contribution in [0.3, 0.4) is 0 Å². The number of hydrogen-bond acceptors (Lipinski definition) is 1. The van der Waals surface area contributed by atoms with Crippen LogP contribution < -0.4 is 5.73 Å². The average Bonchev–Trinajstić information content (AvgIpc) is 2.21. The fourth-order valence-corrected chi connectivity index (χ4v) is 1.61. The molecule has 1 nitrogen and oxygen atoms in total. The number of benzene rings is 1. The fraction of sp³-hybridized carbons (Fsp3) is 0.500. The lowest BCUT2D eigenvalue weighted by atomic mass is 9.85. The normalized spacial score (nSPS) is 11.8. The van der Waals surface area contributed by atoms with Crippen LogP contribution in [-0.4, -0.2) is 0 Å². The number of rotatable bonds is 3. The first-order chi connectivity index (χ1) is 6.53. The Bertz CT molecular complexity index is 316. The fourth-order valence-electron chi connectivity index (χ4n) is 1.61. The predicted octanol–water partition coefficient (Wildman–Crippen LogP) is 3.11. The summed E-state index contributed by atoms with van der Waals surface area (Å²) >= 11 is 0. The van der Waals surface area contributed by atoms with Crippen LogP contribution in [0.15, 0.2) is 18.2 Å². The van der Waals surface area contributed by atoms with E-state index in [1.807, 2.05) is 6.07 Å². The van der Waals surface area contributed by atoms with Gasteiger partial charge in [-0.15, -0.1) is 0 Å². The quantitative estimate of drug-likeness (QED) is 0.788. The molecule has 0 saturated carbocycles. The predicted molar refractivity (Wildman–Crippen MR) is 57.6 cm³/mol. The summed E-state index contributed by atoms with van der Waals surface area (Å²) in [4.78, 5) is 0. The molecule has 1 rings (SSSR count). The van der Waals surface area contributed by atoms with Gasteiger partial charge in [0.2, 0.25) is 0 Å². The molecule has 0 aliphatic carbocycles. The van der Waals surface area contributed by atoms with Gasteiger partial charge in [0.05, 0.1) is 0 Å². The molecule has 2 heteroatoms. The van der Waals surface area contributed by atoms with E-state index in [9.17, 15) is 4.39 Å². The molecule has 0 aromatic heterocycles. The first kappa shape index (κ1) is 11.2. The van der Waals surface area contributed by atoms with Crippen LogP contribution in [0.2, 0.25) is 0 Å². The molecule has 0 atom stereocenters. The molecule has 0 bridgehead atoms. The average molecular weight is 195 g/mol. The molecule has 1 aromatic carbocycles. The van der Waals surface area contributed by atoms with E-state index in [4.69, 9.17) is 5.73 Å². The van der Waals surface area contributed by atoms with Crippen molar-refractivity contribution in [3.05, 3.63) is 35.1 Å². The van der Waals surface area contributed by atoms with Crippen molar-refractivity contribution in [2.45, 2.75) is 39.2 Å². The van der Waals surface area contributed by atoms with Gasteiger partial charge in [0.25, 0.3) is 0 Å². The van der Waals surface area contributed by atoms with Crippen molar-refractivity contribution in [2.75, 3.05) is 0 Å². The van der Waals surface area contributed by atoms with Crippen molar-refractivity contribution in [3.8, 4) is 0 Å². The lowest BCUT2D eigenvalue weighted by Gasteiger charge is -2.27. The molecular formula is C12H18FN. The van der Waals surface area contributed by atoms with E-state index in [0.29, 0.717) is 5.56 Å². The van der Waals surface area contributed by atoms with E-state index >= 15 is 0 Å². The highest BCUT2D eigenvalue weighted by molar-refractivity contribution is 5.29. The van der Waals surface area contributed by atoms with Gasteiger partial charge in [-0.25, -0.2) is 4.39 Å². The molecule has 2 N–H and O–H groups in total. The van der Waals surface area contributed by atoms with E-state index in [1.165, 1.54) is 6.07 Å². The monoisotopic (exact) mass is 195 g/mol. The van der Waals surface area contributed by atoms with Gasteiger partial charge in [0.15, 0.2) is 0 Å². The highest BCUT2D eigenvalue weighted by atomic mass is 19.1. The second kappa shape index (κ2) is 4.09. The number of aryl methyl sites for hydroxylation is 1. The molecule has 0 spiro atoms. The Hall–Kier alpha value is -0.890. The van der Waals surface area contributed by atoms with Gasteiger partial charge in [-0.05, 0) is 37.0 Å². The maximum absolute atomic E-state index is 13.1. The zero-order valence-corrected chi connectivity index (χ0v) is 9.10. The summed E-state index contributed by atoms with van der Waals surface area (Å²) in [6, 6.07) is 5.13. The van der Waals surface area contributed by atoms with Crippen LogP contribution >= 0.6 is 0 Å². The Morgan fingerprint density at radius 3 is 2.29 bits per heavy atom. The first-order valence-corrected chi connectivity index (χ1v) is 5.09. The number of hydrogen-bond donors (Lipinski definition) is 1. The van der Waals surface area contributed by atoms with Gasteiger partial charge in [-0.1, -0.05) is 26.0 Å². The zero-order valence-electron chi connectivity index (χ0n) is 9.10. The maximum atomic E-state index is 13.1. The number of halogens is 1. The highest BCUT2D eigenvalue weighted by Crippen LogP contribution is 2.26. The summed E-state index contributed by atoms with van der Waals surface area (Å²) in [5, 5.41) is 0. The Kier molecular flexibility index (Phi) is 3.27. The van der Waals surface area contributed by atoms with E-state index in [1.54, 1.807) is 13.0 Å². The van der Waals surface area contributed by atoms with Crippen LogP contribution in [0.1, 0.15) is 37.8 Å². The second-order valence-electron chi connectivity index (χ2n) is 3.83. The summed E-state index contributed by atoms with van der Waals surface area (Å²) in [7, 11) is 0. The Morgan fingerprint density at radius 2 is 1.86 bits per heavy atom. The lowest BCUT2D eigenvalue weighted by Crippen LogP contribution is -2.35. The number of nitrogens with two attached hydrogens (primary N) is 1. The summed E-state index contributed by atoms with van der Waals surface area (Å²) in [5.74, 6) is -0.164. The molecule has 0 aliphatic rings. The van der Waals surface area contributed by atoms with E-state index < -0.39 is 0 Å². The third-order valence-corrected chi connectivity index (χ3v) is 2.99. The molecule has 78 valence electrons. The largest absolute Gasteiger partial charge is 0.321 e. The molecule has 0 saturated heterocycles. The van der Waals surface area contributed by atoms with Crippen molar-refractivity contribution in [2.24, 2.45) is 5.73 Å². The molecule has 0 fully saturated rings. The Labute approximate surface area is 85.1 Å². The minimum atomic E-state index is -0.307. The van der Waals surface area contributed by atoms with Crippen molar-refractivity contribution in [1.29, 1.82) is 0 Å². The summed E-state index contributed by atoms with van der Waals surface area (Å²) in [5.41, 5.74) is 7.60. The Balaban J connectivity index is 3.12. The lowest BCUT2D eigenvalue weighted by molar-refractivity contribution is 0.411. The van der Waals surface area contributed by atoms with E-state index in [0.717, 1.165) is 18.4 Å². The molecule has 0 aliphatic heterocycles. The molecule has 0 radical (unpaired) electrons. The molecule has 0 amide bonds. The summed E-state index contributed by atoms with van der Waals surface area (Å²) < 4.78 is 13.1. The van der Waals surface area contributed by atoms with Crippen LogP contribution in [0.4, 0.5) is 4.39 Å². The van der Waals surface area contributed by atoms with Crippen LogP contribution in [0.25, 0.3) is 0 Å². The third-order valence-electron chi connectivity index (χ3n) is 2.99. The summed E-state index contributed by atoms with van der Waals surface area (Å²) in [6.07, 6.45) is 1.74. The molecule has 1 aromatic rings. The zero-order chi connectivity index (χ0) is 10.8. The van der Waals surface area contributed by atoms with Crippen molar-refractivity contribution in [3.63, 3.8) is 0 Å². The van der Waals surface area contributed by atoms with E-state index in [-0.39, 0.29) is 11.4 Å². The molecular weight excluding hydrogens is 177 g/mol. The van der Waals surface area contributed by atoms with Crippen molar-refractivity contribution in [1.82, 2.24) is 0 Å². The first-order valence-electron chi connectivity index (χ1n) is 5.09. The van der Waals surface area contributed by atoms with Crippen molar-refractivity contribution < 1.29 is 4.39 Å². The van der Waals surface area contributed by atoms with Gasteiger partial charge >= 0.3 is 0 Å². The smallest absolute Gasteiger partial charge is 0.126 e. The second-order valence-corrected chi connectivity index (χ2v) is 3.83. The van der Waals surface area contributed by atoms with Gasteiger partial charge < -0.3 is 5.73 Å². The van der Waals surface area contributed by atoms with E-state index in [2.05, 4.69) is 13.8 Å². The van der Waals surface area contributed by atoms with Crippen molar-refractivity contribution >= 4 is 0 Å². The topological polar surface area (TPSA) is 26.0 Å². The maximum Gasteiger partial charge on any atom is 0.126 e. The Morgan fingerprint density at radius 1 is 1.29 bits per heavy atom. The molecule has 14 heavy (non-hydrogen) atoms. The van der Waals surface area contributed by atoms with Gasteiger partial charge in [0.1, 0.15) is 5.82 Å². The molecule has 0 unspecified atom stereocenters. The summed E-state index contributed by atoms with van der Waals surface area (Å²) in [6.45, 7) is 5.88. The van der Waals surface area contributed by atoms with Crippen LogP contribution in [0.5, 0.6) is 0 Å². The third kappa shape index (κ3) is 1.95. The minimum Gasteiger partial charge on any atom is -0.321 e. The van der Waals surface area contributed by atoms with Gasteiger partial charge in [0, 0.05) is 5.54 Å².